The van der Waals surface area contributed by atoms with Crippen LogP contribution in [0.5, 0.6) is 0 Å². The second-order valence-electron chi connectivity index (χ2n) is 6.21. The van der Waals surface area contributed by atoms with Crippen LogP contribution < -0.4 is 22.1 Å². The summed E-state index contributed by atoms with van der Waals surface area (Å²) in [5, 5.41) is 35.4. The van der Waals surface area contributed by atoms with Gasteiger partial charge in [0.25, 0.3) is 0 Å². The van der Waals surface area contributed by atoms with E-state index >= 15 is 0 Å². The largest absolute Gasteiger partial charge is 0.481 e. The van der Waals surface area contributed by atoms with E-state index in [9.17, 15) is 19.5 Å². The van der Waals surface area contributed by atoms with Crippen LogP contribution in [-0.2, 0) is 9.59 Å². The van der Waals surface area contributed by atoms with E-state index in [1.807, 2.05) is 5.32 Å². The van der Waals surface area contributed by atoms with Crippen molar-refractivity contribution >= 4 is 18.0 Å². The molecule has 0 aliphatic rings. The molecule has 1 aromatic rings. The fourth-order valence-corrected chi connectivity index (χ4v) is 2.28. The first-order valence-electron chi connectivity index (χ1n) is 8.64. The van der Waals surface area contributed by atoms with Crippen molar-refractivity contribution in [3.8, 4) is 0 Å². The van der Waals surface area contributed by atoms with Crippen LogP contribution in [0.4, 0.5) is 4.79 Å². The van der Waals surface area contributed by atoms with Crippen LogP contribution in [0, 0.1) is 0 Å². The third-order valence-corrected chi connectivity index (χ3v) is 3.78. The molecule has 2 amide bonds. The molecule has 1 aromatic heterocycles. The molecule has 2 unspecified atom stereocenters. The molecular weight excluding hydrogens is 376 g/mol. The number of aromatic nitrogens is 2. The quantitative estimate of drug-likeness (QED) is 0.206. The van der Waals surface area contributed by atoms with Crippen molar-refractivity contribution in [3.05, 3.63) is 11.7 Å². The van der Waals surface area contributed by atoms with E-state index in [1.54, 1.807) is 0 Å². The number of carbonyl (C=O) groups is 3. The predicted octanol–water partition coefficient (Wildman–Crippen LogP) is -1.15. The number of carbonyl (C=O) groups excluding carboxylic acids is 1. The van der Waals surface area contributed by atoms with Crippen molar-refractivity contribution in [2.24, 2.45) is 11.5 Å². The summed E-state index contributed by atoms with van der Waals surface area (Å²) in [6, 6.07) is -4.38. The number of nitrogens with zero attached hydrogens (tertiary/aromatic N) is 2. The normalized spacial score (nSPS) is 15.3. The fourth-order valence-electron chi connectivity index (χ4n) is 2.28. The van der Waals surface area contributed by atoms with Crippen LogP contribution >= 0.6 is 0 Å². The Hall–Kier alpha value is -2.77. The summed E-state index contributed by atoms with van der Waals surface area (Å²) < 4.78 is 5.02. The molecule has 1 rings (SSSR count). The molecule has 0 saturated heterocycles. The number of hydrogen-bond donors (Lipinski definition) is 7. The molecule has 9 N–H and O–H groups in total. The summed E-state index contributed by atoms with van der Waals surface area (Å²) in [6.45, 7) is 1.71. The Balaban J connectivity index is 2.84. The molecule has 0 fully saturated rings. The van der Waals surface area contributed by atoms with E-state index in [0.717, 1.165) is 12.8 Å². The number of urea groups is 1. The first kappa shape index (κ1) is 23.3. The molecule has 0 aliphatic carbocycles. The van der Waals surface area contributed by atoms with E-state index in [4.69, 9.17) is 26.2 Å². The van der Waals surface area contributed by atoms with Gasteiger partial charge in [-0.25, -0.2) is 9.59 Å². The van der Waals surface area contributed by atoms with Crippen LogP contribution in [0.25, 0.3) is 0 Å². The van der Waals surface area contributed by atoms with E-state index < -0.39 is 48.6 Å². The zero-order valence-corrected chi connectivity index (χ0v) is 15.4. The number of amides is 2. The summed E-state index contributed by atoms with van der Waals surface area (Å²) >= 11 is 0. The fraction of sp³-hybridized carbons (Fsp3) is 0.667. The van der Waals surface area contributed by atoms with Crippen molar-refractivity contribution in [2.45, 2.75) is 56.8 Å². The zero-order valence-electron chi connectivity index (χ0n) is 15.4. The summed E-state index contributed by atoms with van der Waals surface area (Å²) in [5.41, 5.74) is 11.4. The Morgan fingerprint density at radius 3 is 2.43 bits per heavy atom. The van der Waals surface area contributed by atoms with E-state index in [-0.39, 0.29) is 11.7 Å². The number of carboxylic acid groups (broad SMARTS) is 2. The second-order valence-corrected chi connectivity index (χ2v) is 6.21. The Labute approximate surface area is 160 Å². The summed E-state index contributed by atoms with van der Waals surface area (Å²) in [6.07, 6.45) is 0.0984. The van der Waals surface area contributed by atoms with Gasteiger partial charge >= 0.3 is 18.0 Å². The van der Waals surface area contributed by atoms with Gasteiger partial charge in [-0.1, -0.05) is 11.6 Å². The lowest BCUT2D eigenvalue weighted by molar-refractivity contribution is -0.142. The minimum absolute atomic E-state index is 0.150. The lowest BCUT2D eigenvalue weighted by Gasteiger charge is -2.19. The molecule has 0 aliphatic heterocycles. The summed E-state index contributed by atoms with van der Waals surface area (Å²) in [4.78, 5) is 38.2. The molecule has 0 saturated carbocycles. The highest BCUT2D eigenvalue weighted by Gasteiger charge is 2.29. The van der Waals surface area contributed by atoms with Gasteiger partial charge in [-0.05, 0) is 26.3 Å². The lowest BCUT2D eigenvalue weighted by atomic mass is 10.1. The van der Waals surface area contributed by atoms with E-state index in [1.165, 1.54) is 6.92 Å². The maximum absolute atomic E-state index is 12.0. The van der Waals surface area contributed by atoms with Gasteiger partial charge in [0, 0.05) is 0 Å². The van der Waals surface area contributed by atoms with Crippen LogP contribution in [0.3, 0.4) is 0 Å². The average molecular weight is 402 g/mol. The Morgan fingerprint density at radius 2 is 1.89 bits per heavy atom. The van der Waals surface area contributed by atoms with Gasteiger partial charge in [-0.3, -0.25) is 4.79 Å². The standard InChI is InChI=1S/C15H26N6O7/c1-7(22)11(14(25)26)19-15(27)18-9(6-10(23)24)13-20-12(21-28-13)8(17)4-2-3-5-16/h7-9,11,22H,2-6,16-17H2,1H3,(H,23,24)(H,25,26)(H2,18,19,27)/t7?,8-,9-,11?/m0/s1. The smallest absolute Gasteiger partial charge is 0.328 e. The number of aliphatic hydroxyl groups is 1. The maximum atomic E-state index is 12.0. The van der Waals surface area contributed by atoms with Crippen molar-refractivity contribution < 1.29 is 34.2 Å². The van der Waals surface area contributed by atoms with Crippen molar-refractivity contribution in [2.75, 3.05) is 6.54 Å². The Morgan fingerprint density at radius 1 is 1.21 bits per heavy atom. The number of carboxylic acids is 2. The molecule has 0 radical (unpaired) electrons. The molecule has 13 nitrogen and oxygen atoms in total. The van der Waals surface area contributed by atoms with Crippen LogP contribution in [0.1, 0.15) is 56.4 Å². The van der Waals surface area contributed by atoms with Crippen LogP contribution in [0.2, 0.25) is 0 Å². The molecule has 0 aromatic carbocycles. The minimum Gasteiger partial charge on any atom is -0.481 e. The number of nitrogens with two attached hydrogens (primary N) is 2. The van der Waals surface area contributed by atoms with Crippen molar-refractivity contribution in [1.82, 2.24) is 20.8 Å². The number of hydrogen-bond acceptors (Lipinski definition) is 9. The summed E-state index contributed by atoms with van der Waals surface area (Å²) in [5.74, 6) is -2.76. The van der Waals surface area contributed by atoms with Crippen molar-refractivity contribution in [3.63, 3.8) is 0 Å². The number of aliphatic carboxylic acids is 2. The number of rotatable bonds is 12. The number of nitrogens with one attached hydrogen (secondary N) is 2. The Bertz CT molecular complexity index is 665. The maximum Gasteiger partial charge on any atom is 0.328 e. The first-order valence-corrected chi connectivity index (χ1v) is 8.64. The van der Waals surface area contributed by atoms with Gasteiger partial charge in [0.05, 0.1) is 18.6 Å². The third kappa shape index (κ3) is 7.46. The van der Waals surface area contributed by atoms with E-state index in [0.29, 0.717) is 13.0 Å². The van der Waals surface area contributed by atoms with Gasteiger partial charge in [-0.2, -0.15) is 4.98 Å². The first-order chi connectivity index (χ1) is 13.1. The van der Waals surface area contributed by atoms with Gasteiger partial charge in [0.15, 0.2) is 11.9 Å². The molecule has 28 heavy (non-hydrogen) atoms. The molecule has 4 atom stereocenters. The Kier molecular flexibility index (Phi) is 9.27. The highest BCUT2D eigenvalue weighted by atomic mass is 16.5. The molecule has 1 heterocycles. The SMILES string of the molecule is CC(O)C(NC(=O)N[C@@H](CC(=O)O)c1nc([C@@H](N)CCCCN)no1)C(=O)O. The predicted molar refractivity (Wildman–Crippen MR) is 93.9 cm³/mol. The van der Waals surface area contributed by atoms with E-state index in [2.05, 4.69) is 15.5 Å². The van der Waals surface area contributed by atoms with Crippen LogP contribution in [-0.4, -0.2) is 62.1 Å². The second kappa shape index (κ2) is 11.2. The van der Waals surface area contributed by atoms with Gasteiger partial charge in [-0.15, -0.1) is 0 Å². The lowest BCUT2D eigenvalue weighted by Crippen LogP contribution is -2.51. The zero-order chi connectivity index (χ0) is 21.3. The topological polar surface area (TPSA) is 227 Å². The highest BCUT2D eigenvalue weighted by molar-refractivity contribution is 5.83. The highest BCUT2D eigenvalue weighted by Crippen LogP contribution is 2.19. The van der Waals surface area contributed by atoms with Gasteiger partial charge < -0.3 is 41.9 Å². The molecule has 13 heteroatoms. The monoisotopic (exact) mass is 402 g/mol. The van der Waals surface area contributed by atoms with Gasteiger partial charge in [0.2, 0.25) is 5.89 Å². The van der Waals surface area contributed by atoms with Crippen molar-refractivity contribution in [1.29, 1.82) is 0 Å². The molecule has 158 valence electrons. The molecule has 0 bridgehead atoms. The average Bonchev–Trinajstić information content (AvgIpc) is 3.08. The van der Waals surface area contributed by atoms with Crippen LogP contribution in [0.15, 0.2) is 4.52 Å². The molecule has 0 spiro atoms. The summed E-state index contributed by atoms with van der Waals surface area (Å²) in [7, 11) is 0. The third-order valence-electron chi connectivity index (χ3n) is 3.78. The minimum atomic E-state index is -1.58. The van der Waals surface area contributed by atoms with Gasteiger partial charge in [0.1, 0.15) is 6.04 Å². The molecular formula is C15H26N6O7. The number of unbranched alkanes of at least 4 members (excludes halogenated alkanes) is 1. The number of aliphatic hydroxyl groups excluding tert-OH is 1.